The van der Waals surface area contributed by atoms with Gasteiger partial charge in [-0.05, 0) is 42.9 Å². The molecule has 0 radical (unpaired) electrons. The summed E-state index contributed by atoms with van der Waals surface area (Å²) < 4.78 is 8.75. The zero-order chi connectivity index (χ0) is 18.7. The maximum atomic E-state index is 10.8. The smallest absolute Gasteiger partial charge is 0.307 e. The molecule has 0 aliphatic carbocycles. The average molecular weight is 373 g/mol. The first-order valence-electron chi connectivity index (χ1n) is 7.50. The lowest BCUT2D eigenvalue weighted by atomic mass is 10.1. The summed E-state index contributed by atoms with van der Waals surface area (Å²) in [5, 5.41) is 25.8. The molecule has 0 amide bonds. The quantitative estimate of drug-likeness (QED) is 0.307. The number of nitrogens with one attached hydrogen (secondary N) is 1. The zero-order valence-corrected chi connectivity index (χ0v) is 14.8. The van der Waals surface area contributed by atoms with E-state index in [0.717, 1.165) is 11.1 Å². The van der Waals surface area contributed by atoms with Gasteiger partial charge in [0.15, 0.2) is 0 Å². The average Bonchev–Trinajstić information content (AvgIpc) is 3.21. The summed E-state index contributed by atoms with van der Waals surface area (Å²) >= 11 is 5.11. The van der Waals surface area contributed by atoms with Gasteiger partial charge in [-0.3, -0.25) is 19.9 Å². The molecule has 0 aliphatic heterocycles. The number of rotatable bonds is 6. The Bertz CT molecular complexity index is 1030. The van der Waals surface area contributed by atoms with Crippen molar-refractivity contribution < 1.29 is 9.66 Å². The Labute approximate surface area is 152 Å². The molecule has 2 aromatic heterocycles. The topological polar surface area (TPSA) is 116 Å². The van der Waals surface area contributed by atoms with E-state index in [1.54, 1.807) is 26.3 Å². The highest BCUT2D eigenvalue weighted by Crippen LogP contribution is 2.21. The van der Waals surface area contributed by atoms with Crippen LogP contribution in [0.1, 0.15) is 17.0 Å². The van der Waals surface area contributed by atoms with Crippen molar-refractivity contribution in [3.8, 4) is 5.75 Å². The number of aromatic amines is 1. The first-order valence-corrected chi connectivity index (χ1v) is 7.91. The van der Waals surface area contributed by atoms with Crippen molar-refractivity contribution in [2.75, 3.05) is 7.11 Å². The molecular weight excluding hydrogens is 358 g/mol. The molecule has 1 N–H and O–H groups in total. The molecule has 3 aromatic rings. The lowest BCUT2D eigenvalue weighted by Gasteiger charge is -2.09. The number of nitrogens with zero attached hydrogens (tertiary/aromatic N) is 6. The molecule has 0 unspecified atom stereocenters. The molecular formula is C15H15N7O3S. The molecule has 2 heterocycles. The van der Waals surface area contributed by atoms with Gasteiger partial charge in [-0.25, -0.2) is 0 Å². The van der Waals surface area contributed by atoms with Crippen molar-refractivity contribution in [2.45, 2.75) is 13.5 Å². The van der Waals surface area contributed by atoms with Crippen LogP contribution < -0.4 is 4.74 Å². The number of nitro groups is 1. The number of ether oxygens (including phenoxy) is 1. The number of aryl methyl sites for hydroxylation is 1. The van der Waals surface area contributed by atoms with Crippen molar-refractivity contribution in [1.82, 2.24) is 24.7 Å². The van der Waals surface area contributed by atoms with Crippen molar-refractivity contribution in [3.05, 3.63) is 62.4 Å². The minimum absolute atomic E-state index is 0.0634. The van der Waals surface area contributed by atoms with E-state index in [2.05, 4.69) is 20.4 Å². The number of hydrogen-bond donors (Lipinski definition) is 1. The minimum atomic E-state index is -0.485. The molecule has 0 saturated carbocycles. The molecule has 0 fully saturated rings. The fourth-order valence-electron chi connectivity index (χ4n) is 2.34. The lowest BCUT2D eigenvalue weighted by molar-refractivity contribution is -0.385. The Morgan fingerprint density at radius 3 is 2.92 bits per heavy atom. The molecule has 0 aliphatic rings. The van der Waals surface area contributed by atoms with Crippen molar-refractivity contribution in [3.63, 3.8) is 0 Å². The number of H-pyrrole nitrogens is 1. The predicted octanol–water partition coefficient (Wildman–Crippen LogP) is 2.29. The first kappa shape index (κ1) is 17.5. The number of hydrogen-bond acceptors (Lipinski definition) is 7. The van der Waals surface area contributed by atoms with Crippen molar-refractivity contribution >= 4 is 24.1 Å². The van der Waals surface area contributed by atoms with Gasteiger partial charge in [0.05, 0.1) is 24.8 Å². The second-order valence-corrected chi connectivity index (χ2v) is 5.74. The summed E-state index contributed by atoms with van der Waals surface area (Å²) in [5.41, 5.74) is 1.55. The molecule has 10 nitrogen and oxygen atoms in total. The van der Waals surface area contributed by atoms with E-state index in [9.17, 15) is 10.1 Å². The zero-order valence-electron chi connectivity index (χ0n) is 14.0. The number of benzene rings is 1. The van der Waals surface area contributed by atoms with Crippen LogP contribution in [0.4, 0.5) is 5.69 Å². The summed E-state index contributed by atoms with van der Waals surface area (Å²) in [7, 11) is 1.56. The third kappa shape index (κ3) is 3.67. The largest absolute Gasteiger partial charge is 0.496 e. The minimum Gasteiger partial charge on any atom is -0.496 e. The Morgan fingerprint density at radius 1 is 1.50 bits per heavy atom. The standard InChI is InChI=1S/C15H15N7O3S/c1-10-18-19-15(26)21(10)17-6-11-3-4-14(25-2)12(5-11)8-20-9-13(7-16-20)22(23)24/h3-7,9H,8H2,1-2H3,(H,19,26)/b17-6-. The van der Waals surface area contributed by atoms with Gasteiger partial charge in [0.1, 0.15) is 24.0 Å². The highest BCUT2D eigenvalue weighted by atomic mass is 32.1. The van der Waals surface area contributed by atoms with E-state index in [1.807, 2.05) is 12.1 Å². The molecule has 134 valence electrons. The van der Waals surface area contributed by atoms with Gasteiger partial charge < -0.3 is 4.74 Å². The second-order valence-electron chi connectivity index (χ2n) is 5.36. The third-order valence-corrected chi connectivity index (χ3v) is 3.87. The third-order valence-electron chi connectivity index (χ3n) is 3.60. The van der Waals surface area contributed by atoms with Gasteiger partial charge in [-0.1, -0.05) is 0 Å². The van der Waals surface area contributed by atoms with Crippen LogP contribution in [-0.2, 0) is 6.54 Å². The van der Waals surface area contributed by atoms with Crippen LogP contribution in [0.15, 0.2) is 35.7 Å². The molecule has 11 heteroatoms. The summed E-state index contributed by atoms with van der Waals surface area (Å²) in [6.45, 7) is 2.11. The van der Waals surface area contributed by atoms with Crippen LogP contribution in [0.5, 0.6) is 5.75 Å². The summed E-state index contributed by atoms with van der Waals surface area (Å²) in [6.07, 6.45) is 4.22. The summed E-state index contributed by atoms with van der Waals surface area (Å²) in [6, 6.07) is 5.52. The van der Waals surface area contributed by atoms with Crippen LogP contribution in [0.2, 0.25) is 0 Å². The van der Waals surface area contributed by atoms with Crippen molar-refractivity contribution in [1.29, 1.82) is 0 Å². The van der Waals surface area contributed by atoms with E-state index in [4.69, 9.17) is 17.0 Å². The Hall–Kier alpha value is -3.34. The first-order chi connectivity index (χ1) is 12.5. The maximum Gasteiger partial charge on any atom is 0.307 e. The van der Waals surface area contributed by atoms with Gasteiger partial charge in [0, 0.05) is 5.56 Å². The van der Waals surface area contributed by atoms with Gasteiger partial charge in [0.25, 0.3) is 0 Å². The van der Waals surface area contributed by atoms with Gasteiger partial charge in [-0.15, -0.1) is 0 Å². The van der Waals surface area contributed by atoms with Gasteiger partial charge >= 0.3 is 5.69 Å². The molecule has 1 aromatic carbocycles. The molecule has 0 atom stereocenters. The Kier molecular flexibility index (Phi) is 4.89. The van der Waals surface area contributed by atoms with E-state index in [0.29, 0.717) is 22.9 Å². The summed E-state index contributed by atoms with van der Waals surface area (Å²) in [5.74, 6) is 1.29. The number of methoxy groups -OCH3 is 1. The Balaban J connectivity index is 1.88. The molecule has 0 saturated heterocycles. The normalized spacial score (nSPS) is 11.2. The van der Waals surface area contributed by atoms with Crippen LogP contribution in [0.3, 0.4) is 0 Å². The summed E-state index contributed by atoms with van der Waals surface area (Å²) in [4.78, 5) is 10.3. The number of aromatic nitrogens is 5. The van der Waals surface area contributed by atoms with E-state index in [1.165, 1.54) is 21.8 Å². The fourth-order valence-corrected chi connectivity index (χ4v) is 2.57. The van der Waals surface area contributed by atoms with Gasteiger partial charge in [0.2, 0.25) is 4.77 Å². The van der Waals surface area contributed by atoms with Crippen molar-refractivity contribution in [2.24, 2.45) is 5.10 Å². The van der Waals surface area contributed by atoms with Crippen LogP contribution in [-0.4, -0.2) is 42.9 Å². The molecule has 0 bridgehead atoms. The van der Waals surface area contributed by atoms with Gasteiger partial charge in [-0.2, -0.15) is 20.0 Å². The second kappa shape index (κ2) is 7.27. The fraction of sp³-hybridized carbons (Fsp3) is 0.200. The Morgan fingerprint density at radius 2 is 2.31 bits per heavy atom. The molecule has 0 spiro atoms. The van der Waals surface area contributed by atoms with Crippen LogP contribution >= 0.6 is 12.2 Å². The van der Waals surface area contributed by atoms with E-state index < -0.39 is 4.92 Å². The highest BCUT2D eigenvalue weighted by molar-refractivity contribution is 7.71. The lowest BCUT2D eigenvalue weighted by Crippen LogP contribution is -2.03. The SMILES string of the molecule is COc1ccc(/C=N\n2c(C)n[nH]c2=S)cc1Cn1cc([N+](=O)[O-])cn1. The van der Waals surface area contributed by atoms with Crippen LogP contribution in [0, 0.1) is 21.8 Å². The van der Waals surface area contributed by atoms with Crippen LogP contribution in [0.25, 0.3) is 0 Å². The van der Waals surface area contributed by atoms with E-state index in [-0.39, 0.29) is 5.69 Å². The van der Waals surface area contributed by atoms with E-state index >= 15 is 0 Å². The molecule has 26 heavy (non-hydrogen) atoms. The predicted molar refractivity (Wildman–Crippen MR) is 96.1 cm³/mol. The molecule has 3 rings (SSSR count). The highest BCUT2D eigenvalue weighted by Gasteiger charge is 2.11. The maximum absolute atomic E-state index is 10.8. The monoisotopic (exact) mass is 373 g/mol.